The van der Waals surface area contributed by atoms with Gasteiger partial charge in [0.15, 0.2) is 5.11 Å². The van der Waals surface area contributed by atoms with Crippen molar-refractivity contribution < 1.29 is 24.3 Å². The van der Waals surface area contributed by atoms with Gasteiger partial charge in [-0.25, -0.2) is 0 Å². The van der Waals surface area contributed by atoms with Crippen LogP contribution < -0.4 is 15.4 Å². The molecule has 0 aliphatic heterocycles. The first-order chi connectivity index (χ1) is 13.3. The number of nitro benzene ring substituents is 1. The van der Waals surface area contributed by atoms with E-state index in [1.807, 2.05) is 0 Å². The highest BCUT2D eigenvalue weighted by Gasteiger charge is 2.14. The molecule has 0 fully saturated rings. The Balaban J connectivity index is 2.02. The molecule has 1 amide bonds. The van der Waals surface area contributed by atoms with E-state index in [4.69, 9.17) is 21.7 Å². The number of thiocarbonyl (C=S) groups is 1. The number of carbonyl (C=O) groups is 1. The fraction of sp³-hybridized carbons (Fsp3) is 0.176. The zero-order valence-electron chi connectivity index (χ0n) is 14.6. The van der Waals surface area contributed by atoms with Gasteiger partial charge in [0.05, 0.1) is 21.7 Å². The molecule has 0 spiro atoms. The van der Waals surface area contributed by atoms with Crippen LogP contribution in [0.25, 0.3) is 0 Å². The largest absolute Gasteiger partial charge is 0.506 e. The molecule has 0 aromatic heterocycles. The van der Waals surface area contributed by atoms with Crippen LogP contribution in [0.4, 0.5) is 11.4 Å². The highest BCUT2D eigenvalue weighted by atomic mass is 79.9. The fourth-order valence-corrected chi connectivity index (χ4v) is 2.76. The third kappa shape index (κ3) is 5.87. The minimum atomic E-state index is -0.611. The lowest BCUT2D eigenvalue weighted by atomic mass is 10.2. The van der Waals surface area contributed by atoms with Gasteiger partial charge in [-0.2, -0.15) is 0 Å². The molecule has 3 N–H and O–H groups in total. The number of amides is 1. The van der Waals surface area contributed by atoms with Gasteiger partial charge in [0, 0.05) is 24.8 Å². The monoisotopic (exact) mass is 469 g/mol. The minimum absolute atomic E-state index is 0.00238. The van der Waals surface area contributed by atoms with Crippen molar-refractivity contribution in [1.29, 1.82) is 0 Å². The molecule has 0 unspecified atom stereocenters. The Hall–Kier alpha value is -2.76. The van der Waals surface area contributed by atoms with Crippen molar-refractivity contribution in [1.82, 2.24) is 5.32 Å². The normalized spacial score (nSPS) is 10.2. The van der Waals surface area contributed by atoms with Gasteiger partial charge in [0.2, 0.25) is 0 Å². The Morgan fingerprint density at radius 3 is 2.68 bits per heavy atom. The summed E-state index contributed by atoms with van der Waals surface area (Å²) in [5.74, 6) is -0.204. The topological polar surface area (TPSA) is 123 Å². The SMILES string of the molecule is COCCOc1ccc(C(=O)NC(=S)Nc2cc([N+](=O)[O-])ccc2O)cc1Br. The molecule has 0 aliphatic rings. The number of rotatable bonds is 7. The Bertz CT molecular complexity index is 908. The van der Waals surface area contributed by atoms with Gasteiger partial charge in [0.25, 0.3) is 11.6 Å². The van der Waals surface area contributed by atoms with E-state index in [2.05, 4.69) is 26.6 Å². The number of carbonyl (C=O) groups excluding carboxylic acids is 1. The number of halogens is 1. The van der Waals surface area contributed by atoms with Crippen molar-refractivity contribution >= 4 is 50.5 Å². The van der Waals surface area contributed by atoms with Crippen molar-refractivity contribution in [3.63, 3.8) is 0 Å². The molecule has 9 nitrogen and oxygen atoms in total. The first kappa shape index (κ1) is 21.5. The highest BCUT2D eigenvalue weighted by molar-refractivity contribution is 9.10. The number of benzene rings is 2. The van der Waals surface area contributed by atoms with Crippen molar-refractivity contribution in [2.24, 2.45) is 0 Å². The standard InChI is InChI=1S/C17H16BrN3O6S/c1-26-6-7-27-15-5-2-10(8-12(15)18)16(23)20-17(28)19-13-9-11(21(24)25)3-4-14(13)22/h2-5,8-9,22H,6-7H2,1H3,(H2,19,20,23,28). The summed E-state index contributed by atoms with van der Waals surface area (Å²) >= 11 is 8.36. The van der Waals surface area contributed by atoms with Crippen molar-refractivity contribution in [3.05, 3.63) is 56.5 Å². The van der Waals surface area contributed by atoms with Gasteiger partial charge in [-0.05, 0) is 52.4 Å². The molecule has 2 rings (SSSR count). The molecule has 0 heterocycles. The van der Waals surface area contributed by atoms with Gasteiger partial charge in [-0.15, -0.1) is 0 Å². The van der Waals surface area contributed by atoms with Crippen molar-refractivity contribution in [3.8, 4) is 11.5 Å². The number of methoxy groups -OCH3 is 1. The second-order valence-electron chi connectivity index (χ2n) is 5.35. The smallest absolute Gasteiger partial charge is 0.271 e. The molecular formula is C17H16BrN3O6S. The van der Waals surface area contributed by atoms with E-state index >= 15 is 0 Å². The number of phenolic OH excluding ortho intramolecular Hbond substituents is 1. The van der Waals surface area contributed by atoms with Crippen LogP contribution in [0.15, 0.2) is 40.9 Å². The number of non-ortho nitro benzene ring substituents is 1. The number of phenols is 1. The van der Waals surface area contributed by atoms with E-state index in [0.717, 1.165) is 18.2 Å². The first-order valence-corrected chi connectivity index (χ1v) is 9.03. The third-order valence-electron chi connectivity index (χ3n) is 3.41. The second-order valence-corrected chi connectivity index (χ2v) is 6.62. The van der Waals surface area contributed by atoms with Crippen molar-refractivity contribution in [2.75, 3.05) is 25.6 Å². The molecule has 11 heteroatoms. The van der Waals surface area contributed by atoms with E-state index < -0.39 is 10.8 Å². The number of nitrogens with one attached hydrogen (secondary N) is 2. The lowest BCUT2D eigenvalue weighted by Crippen LogP contribution is -2.34. The molecule has 0 saturated carbocycles. The van der Waals surface area contributed by atoms with Gasteiger partial charge in [-0.1, -0.05) is 0 Å². The van der Waals surface area contributed by atoms with Crippen molar-refractivity contribution in [2.45, 2.75) is 0 Å². The number of ether oxygens (including phenoxy) is 2. The maximum atomic E-state index is 12.3. The molecule has 0 aliphatic carbocycles. The number of nitrogens with zero attached hydrogens (tertiary/aromatic N) is 1. The average molecular weight is 470 g/mol. The summed E-state index contributed by atoms with van der Waals surface area (Å²) in [5.41, 5.74) is 0.0726. The number of hydrogen-bond acceptors (Lipinski definition) is 7. The number of anilines is 1. The molecule has 0 atom stereocenters. The maximum Gasteiger partial charge on any atom is 0.271 e. The van der Waals surface area contributed by atoms with Crippen LogP contribution in [0.3, 0.4) is 0 Å². The summed E-state index contributed by atoms with van der Waals surface area (Å²) in [7, 11) is 1.57. The van der Waals surface area contributed by atoms with Crippen LogP contribution >= 0.6 is 28.1 Å². The molecule has 28 heavy (non-hydrogen) atoms. The van der Waals surface area contributed by atoms with Crippen LogP contribution in [0.5, 0.6) is 11.5 Å². The predicted octanol–water partition coefficient (Wildman–Crippen LogP) is 3.21. The van der Waals surface area contributed by atoms with E-state index in [0.29, 0.717) is 29.0 Å². The van der Waals surface area contributed by atoms with Crippen LogP contribution in [0, 0.1) is 10.1 Å². The highest BCUT2D eigenvalue weighted by Crippen LogP contribution is 2.28. The molecule has 2 aromatic rings. The summed E-state index contributed by atoms with van der Waals surface area (Å²) in [4.78, 5) is 22.6. The summed E-state index contributed by atoms with van der Waals surface area (Å²) in [5, 5.41) is 25.5. The van der Waals surface area contributed by atoms with Crippen LogP contribution in [-0.4, -0.2) is 41.4 Å². The molecule has 0 bridgehead atoms. The molecule has 0 saturated heterocycles. The average Bonchev–Trinajstić information content (AvgIpc) is 2.64. The van der Waals surface area contributed by atoms with Crippen LogP contribution in [-0.2, 0) is 4.74 Å². The zero-order chi connectivity index (χ0) is 20.7. The lowest BCUT2D eigenvalue weighted by molar-refractivity contribution is -0.384. The Labute approximate surface area is 173 Å². The van der Waals surface area contributed by atoms with Gasteiger partial charge < -0.3 is 19.9 Å². The van der Waals surface area contributed by atoms with Crippen LogP contribution in [0.2, 0.25) is 0 Å². The quantitative estimate of drug-likeness (QED) is 0.185. The minimum Gasteiger partial charge on any atom is -0.506 e. The molecule has 2 aromatic carbocycles. The second kappa shape index (κ2) is 9.97. The number of nitro groups is 1. The Morgan fingerprint density at radius 1 is 1.29 bits per heavy atom. The van der Waals surface area contributed by atoms with E-state index in [9.17, 15) is 20.0 Å². The van der Waals surface area contributed by atoms with Crippen LogP contribution in [0.1, 0.15) is 10.4 Å². The third-order valence-corrected chi connectivity index (χ3v) is 4.23. The number of aromatic hydroxyl groups is 1. The summed E-state index contributed by atoms with van der Waals surface area (Å²) in [6.07, 6.45) is 0. The predicted molar refractivity (Wildman–Crippen MR) is 110 cm³/mol. The molecular weight excluding hydrogens is 454 g/mol. The lowest BCUT2D eigenvalue weighted by Gasteiger charge is -2.12. The van der Waals surface area contributed by atoms with E-state index in [1.165, 1.54) is 0 Å². The van der Waals surface area contributed by atoms with Gasteiger partial charge in [0.1, 0.15) is 18.1 Å². The molecule has 148 valence electrons. The summed E-state index contributed by atoms with van der Waals surface area (Å²) in [6, 6.07) is 8.15. The summed E-state index contributed by atoms with van der Waals surface area (Å²) < 4.78 is 11.0. The zero-order valence-corrected chi connectivity index (χ0v) is 17.0. The van der Waals surface area contributed by atoms with E-state index in [1.54, 1.807) is 25.3 Å². The number of hydrogen-bond donors (Lipinski definition) is 3. The fourth-order valence-electron chi connectivity index (χ4n) is 2.06. The first-order valence-electron chi connectivity index (χ1n) is 7.83. The van der Waals surface area contributed by atoms with Gasteiger partial charge in [-0.3, -0.25) is 20.2 Å². The Morgan fingerprint density at radius 2 is 2.04 bits per heavy atom. The van der Waals surface area contributed by atoms with Gasteiger partial charge >= 0.3 is 0 Å². The molecule has 0 radical (unpaired) electrons. The Kier molecular flexibility index (Phi) is 7.67. The van der Waals surface area contributed by atoms with E-state index in [-0.39, 0.29) is 22.2 Å². The summed E-state index contributed by atoms with van der Waals surface area (Å²) in [6.45, 7) is 0.792. The maximum absolute atomic E-state index is 12.3.